The van der Waals surface area contributed by atoms with E-state index in [0.717, 1.165) is 0 Å². The van der Waals surface area contributed by atoms with Crippen LogP contribution >= 0.6 is 0 Å². The van der Waals surface area contributed by atoms with Gasteiger partial charge in [-0.25, -0.2) is 4.79 Å². The summed E-state index contributed by atoms with van der Waals surface area (Å²) in [6.07, 6.45) is 0.577. The Balaban J connectivity index is 1.94. The number of carbonyl (C=O) groups is 2. The molecular formula is C13H17N3O4. The molecule has 2 N–H and O–H groups in total. The van der Waals surface area contributed by atoms with Gasteiger partial charge in [0, 0.05) is 24.8 Å². The number of hydrogen-bond acceptors (Lipinski definition) is 5. The molecule has 2 rings (SSSR count). The number of β-amino-alcohol motifs (C(OH)–C–C–N with tert-alkyl or cyclic N) is 1. The molecule has 1 aliphatic rings. The molecule has 0 aliphatic carbocycles. The maximum Gasteiger partial charge on any atom is 0.407 e. The molecule has 1 saturated heterocycles. The lowest BCUT2D eigenvalue weighted by Crippen LogP contribution is -2.53. The van der Waals surface area contributed by atoms with Crippen LogP contribution in [0, 0.1) is 0 Å². The highest BCUT2D eigenvalue weighted by molar-refractivity contribution is 5.94. The molecule has 2 amide bonds. The highest BCUT2D eigenvalue weighted by Gasteiger charge is 2.29. The summed E-state index contributed by atoms with van der Waals surface area (Å²) < 4.78 is 4.74. The van der Waals surface area contributed by atoms with E-state index in [4.69, 9.17) is 4.74 Å². The van der Waals surface area contributed by atoms with Gasteiger partial charge in [-0.1, -0.05) is 0 Å². The number of pyridine rings is 1. The van der Waals surface area contributed by atoms with Gasteiger partial charge in [-0.2, -0.15) is 0 Å². The topological polar surface area (TPSA) is 91.8 Å². The highest BCUT2D eigenvalue weighted by atomic mass is 16.5. The van der Waals surface area contributed by atoms with E-state index in [0.29, 0.717) is 31.0 Å². The Bertz CT molecular complexity index is 500. The molecule has 0 radical (unpaired) electrons. The Morgan fingerprint density at radius 2 is 2.30 bits per heavy atom. The van der Waals surface area contributed by atoms with E-state index >= 15 is 0 Å². The Kier molecular flexibility index (Phi) is 4.52. The predicted molar refractivity (Wildman–Crippen MR) is 70.0 cm³/mol. The van der Waals surface area contributed by atoms with E-state index in [1.165, 1.54) is 6.20 Å². The highest BCUT2D eigenvalue weighted by Crippen LogP contribution is 2.13. The zero-order valence-electron chi connectivity index (χ0n) is 11.2. The van der Waals surface area contributed by atoms with Crippen molar-refractivity contribution < 1.29 is 19.4 Å². The van der Waals surface area contributed by atoms with Crippen molar-refractivity contribution in [2.45, 2.75) is 19.6 Å². The number of ether oxygens (including phenoxy) is 1. The van der Waals surface area contributed by atoms with E-state index in [2.05, 4.69) is 10.3 Å². The summed E-state index contributed by atoms with van der Waals surface area (Å²) >= 11 is 0. The predicted octanol–water partition coefficient (Wildman–Crippen LogP) is 0.144. The molecule has 1 fully saturated rings. The molecule has 2 heterocycles. The minimum absolute atomic E-state index is 0.143. The second-order valence-electron chi connectivity index (χ2n) is 4.47. The van der Waals surface area contributed by atoms with Crippen LogP contribution in [-0.2, 0) is 11.3 Å². The quantitative estimate of drug-likeness (QED) is 0.818. The fourth-order valence-corrected chi connectivity index (χ4v) is 1.86. The molecule has 108 valence electrons. The van der Waals surface area contributed by atoms with Gasteiger partial charge in [-0.05, 0) is 19.1 Å². The minimum Gasteiger partial charge on any atom is -0.450 e. The van der Waals surface area contributed by atoms with Crippen molar-refractivity contribution in [3.63, 3.8) is 0 Å². The summed E-state index contributed by atoms with van der Waals surface area (Å²) in [4.78, 5) is 28.9. The van der Waals surface area contributed by atoms with Crippen molar-refractivity contribution in [1.82, 2.24) is 15.2 Å². The number of carbonyl (C=O) groups excluding carboxylic acids is 2. The van der Waals surface area contributed by atoms with Crippen LogP contribution in [0.3, 0.4) is 0 Å². The standard InChI is InChI=1S/C13H17N3O4/c1-2-20-13(19)15-6-10-5-9(3-4-14-10)12(18)16-7-11(17)8-16/h3-5,11,17H,2,6-8H2,1H3,(H,15,19). The van der Waals surface area contributed by atoms with Gasteiger partial charge < -0.3 is 20.1 Å². The van der Waals surface area contributed by atoms with Crippen LogP contribution in [0.2, 0.25) is 0 Å². The lowest BCUT2D eigenvalue weighted by molar-refractivity contribution is 0.00588. The summed E-state index contributed by atoms with van der Waals surface area (Å²) in [5, 5.41) is 11.7. The van der Waals surface area contributed by atoms with Crippen LogP contribution in [-0.4, -0.2) is 52.8 Å². The van der Waals surface area contributed by atoms with Gasteiger partial charge in [0.25, 0.3) is 5.91 Å². The largest absolute Gasteiger partial charge is 0.450 e. The molecule has 7 heteroatoms. The third kappa shape index (κ3) is 3.45. The summed E-state index contributed by atoms with van der Waals surface area (Å²) in [6.45, 7) is 2.94. The van der Waals surface area contributed by atoms with Crippen molar-refractivity contribution in [2.24, 2.45) is 0 Å². The first-order valence-electron chi connectivity index (χ1n) is 6.43. The number of hydrogen-bond donors (Lipinski definition) is 2. The molecule has 0 saturated carbocycles. The molecule has 0 bridgehead atoms. The summed E-state index contributed by atoms with van der Waals surface area (Å²) in [5.41, 5.74) is 1.07. The normalized spacial score (nSPS) is 14.6. The maximum atomic E-state index is 12.0. The van der Waals surface area contributed by atoms with E-state index < -0.39 is 12.2 Å². The van der Waals surface area contributed by atoms with Crippen LogP contribution in [0.15, 0.2) is 18.3 Å². The zero-order chi connectivity index (χ0) is 14.5. The van der Waals surface area contributed by atoms with Crippen LogP contribution in [0.25, 0.3) is 0 Å². The van der Waals surface area contributed by atoms with Gasteiger partial charge in [0.1, 0.15) is 0 Å². The van der Waals surface area contributed by atoms with Crippen LogP contribution < -0.4 is 5.32 Å². The van der Waals surface area contributed by atoms with Gasteiger partial charge in [0.05, 0.1) is 24.9 Å². The Morgan fingerprint density at radius 1 is 1.55 bits per heavy atom. The molecule has 1 aromatic rings. The number of nitrogens with zero attached hydrogens (tertiary/aromatic N) is 2. The number of amides is 2. The smallest absolute Gasteiger partial charge is 0.407 e. The van der Waals surface area contributed by atoms with Crippen molar-refractivity contribution in [1.29, 1.82) is 0 Å². The first-order chi connectivity index (χ1) is 9.60. The van der Waals surface area contributed by atoms with Crippen LogP contribution in [0.1, 0.15) is 23.0 Å². The van der Waals surface area contributed by atoms with Crippen LogP contribution in [0.5, 0.6) is 0 Å². The first kappa shape index (κ1) is 14.3. The number of aromatic nitrogens is 1. The number of aliphatic hydroxyl groups excluding tert-OH is 1. The number of nitrogens with one attached hydrogen (secondary N) is 1. The molecular weight excluding hydrogens is 262 g/mol. The summed E-state index contributed by atoms with van der Waals surface area (Å²) in [6, 6.07) is 3.24. The van der Waals surface area contributed by atoms with E-state index in [-0.39, 0.29) is 12.5 Å². The summed E-state index contributed by atoms with van der Waals surface area (Å²) in [7, 11) is 0. The fourth-order valence-electron chi connectivity index (χ4n) is 1.86. The van der Waals surface area contributed by atoms with Crippen molar-refractivity contribution in [2.75, 3.05) is 19.7 Å². The van der Waals surface area contributed by atoms with E-state index in [1.54, 1.807) is 24.0 Å². The van der Waals surface area contributed by atoms with Crippen molar-refractivity contribution in [3.05, 3.63) is 29.6 Å². The van der Waals surface area contributed by atoms with Gasteiger partial charge in [-0.3, -0.25) is 9.78 Å². The Labute approximate surface area is 116 Å². The summed E-state index contributed by atoms with van der Waals surface area (Å²) in [5.74, 6) is -0.143. The third-order valence-electron chi connectivity index (χ3n) is 2.90. The molecule has 0 atom stereocenters. The van der Waals surface area contributed by atoms with E-state index in [9.17, 15) is 14.7 Å². The zero-order valence-corrected chi connectivity index (χ0v) is 11.2. The number of aliphatic hydroxyl groups is 1. The second kappa shape index (κ2) is 6.33. The average molecular weight is 279 g/mol. The maximum absolute atomic E-state index is 12.0. The molecule has 1 aromatic heterocycles. The lowest BCUT2D eigenvalue weighted by atomic mass is 10.1. The van der Waals surface area contributed by atoms with Crippen LogP contribution in [0.4, 0.5) is 4.79 Å². The lowest BCUT2D eigenvalue weighted by Gasteiger charge is -2.35. The number of alkyl carbamates (subject to hydrolysis) is 1. The molecule has 0 spiro atoms. The van der Waals surface area contributed by atoms with Crippen molar-refractivity contribution >= 4 is 12.0 Å². The second-order valence-corrected chi connectivity index (χ2v) is 4.47. The van der Waals surface area contributed by atoms with Gasteiger partial charge in [0.15, 0.2) is 0 Å². The molecule has 7 nitrogen and oxygen atoms in total. The molecule has 0 aromatic carbocycles. The Morgan fingerprint density at radius 3 is 2.95 bits per heavy atom. The van der Waals surface area contributed by atoms with Gasteiger partial charge in [0.2, 0.25) is 0 Å². The Hall–Kier alpha value is -2.15. The fraction of sp³-hybridized carbons (Fsp3) is 0.462. The third-order valence-corrected chi connectivity index (χ3v) is 2.90. The van der Waals surface area contributed by atoms with Crippen molar-refractivity contribution in [3.8, 4) is 0 Å². The first-order valence-corrected chi connectivity index (χ1v) is 6.43. The molecule has 1 aliphatic heterocycles. The average Bonchev–Trinajstić information content (AvgIpc) is 2.42. The number of likely N-dealkylation sites (tertiary alicyclic amines) is 1. The molecule has 20 heavy (non-hydrogen) atoms. The molecule has 0 unspecified atom stereocenters. The minimum atomic E-state index is -0.517. The van der Waals surface area contributed by atoms with Gasteiger partial charge >= 0.3 is 6.09 Å². The monoisotopic (exact) mass is 279 g/mol. The number of rotatable bonds is 4. The van der Waals surface area contributed by atoms with E-state index in [1.807, 2.05) is 0 Å². The van der Waals surface area contributed by atoms with Gasteiger partial charge in [-0.15, -0.1) is 0 Å². The SMILES string of the molecule is CCOC(=O)NCc1cc(C(=O)N2CC(O)C2)ccn1.